The maximum atomic E-state index is 12.8. The molecule has 3 aromatic rings. The summed E-state index contributed by atoms with van der Waals surface area (Å²) in [6.45, 7) is 0. The molecule has 2 heterocycles. The van der Waals surface area contributed by atoms with Crippen LogP contribution in [0.25, 0.3) is 10.9 Å². The maximum Gasteiger partial charge on any atom is 0.416 e. The van der Waals surface area contributed by atoms with Gasteiger partial charge in [-0.1, -0.05) is 11.2 Å². The summed E-state index contributed by atoms with van der Waals surface area (Å²) in [6.07, 6.45) is 1.44. The Bertz CT molecular complexity index is 884. The third-order valence-electron chi connectivity index (χ3n) is 4.18. The van der Waals surface area contributed by atoms with E-state index in [0.717, 1.165) is 59.4 Å². The van der Waals surface area contributed by atoms with Crippen molar-refractivity contribution in [3.05, 3.63) is 41.2 Å². The van der Waals surface area contributed by atoms with E-state index in [1.807, 2.05) is 0 Å². The Labute approximate surface area is 139 Å². The molecule has 4 rings (SSSR count). The van der Waals surface area contributed by atoms with Gasteiger partial charge < -0.3 is 9.51 Å². The van der Waals surface area contributed by atoms with Gasteiger partial charge >= 0.3 is 6.18 Å². The molecular weight excluding hydrogens is 339 g/mol. The Kier molecular flexibility index (Phi) is 3.71. The van der Waals surface area contributed by atoms with Gasteiger partial charge in [-0.15, -0.1) is 0 Å². The van der Waals surface area contributed by atoms with Crippen LogP contribution in [0.4, 0.5) is 19.1 Å². The molecule has 2 N–H and O–H groups in total. The highest BCUT2D eigenvalue weighted by molar-refractivity contribution is 8.00. The van der Waals surface area contributed by atoms with Crippen molar-refractivity contribution >= 4 is 28.7 Å². The van der Waals surface area contributed by atoms with Crippen molar-refractivity contribution in [1.29, 1.82) is 0 Å². The van der Waals surface area contributed by atoms with Gasteiger partial charge in [0.15, 0.2) is 0 Å². The molecule has 8 heteroatoms. The molecule has 24 heavy (non-hydrogen) atoms. The number of aryl methyl sites for hydroxylation is 1. The van der Waals surface area contributed by atoms with Crippen LogP contribution >= 0.6 is 11.9 Å². The first-order valence-corrected chi connectivity index (χ1v) is 8.42. The largest absolute Gasteiger partial charge is 0.416 e. The number of anilines is 1. The molecule has 1 aliphatic carbocycles. The van der Waals surface area contributed by atoms with Crippen molar-refractivity contribution in [3.8, 4) is 0 Å². The predicted molar refractivity (Wildman–Crippen MR) is 85.9 cm³/mol. The lowest BCUT2D eigenvalue weighted by atomic mass is 9.98. The third-order valence-corrected chi connectivity index (χ3v) is 5.03. The van der Waals surface area contributed by atoms with E-state index in [1.165, 1.54) is 18.0 Å². The highest BCUT2D eigenvalue weighted by Crippen LogP contribution is 2.36. The number of rotatable bonds is 3. The molecule has 0 bridgehead atoms. The molecule has 0 radical (unpaired) electrons. The van der Waals surface area contributed by atoms with E-state index in [4.69, 9.17) is 4.52 Å². The number of hydrogen-bond donors (Lipinski definition) is 2. The summed E-state index contributed by atoms with van der Waals surface area (Å²) in [4.78, 5) is 3.69. The zero-order valence-electron chi connectivity index (χ0n) is 12.5. The second-order valence-electron chi connectivity index (χ2n) is 5.76. The SMILES string of the molecule is FC(F)(F)c1ccc2c(SNc3onc4c3CCCC4)c[nH]c2c1. The molecule has 4 nitrogen and oxygen atoms in total. The number of benzene rings is 1. The van der Waals surface area contributed by atoms with Crippen LogP contribution in [0.1, 0.15) is 29.7 Å². The molecule has 0 aliphatic heterocycles. The smallest absolute Gasteiger partial charge is 0.360 e. The standard InChI is InChI=1S/C16H14F3N3OS/c17-16(18,19)9-5-6-10-13(7-9)20-8-14(10)24-22-15-11-3-1-2-4-12(11)21-23-15/h5-8,20,22H,1-4H2. The summed E-state index contributed by atoms with van der Waals surface area (Å²) in [6, 6.07) is 3.70. The number of H-pyrrole nitrogens is 1. The fraction of sp³-hybridized carbons (Fsp3) is 0.312. The van der Waals surface area contributed by atoms with Crippen LogP contribution in [-0.2, 0) is 19.0 Å². The maximum absolute atomic E-state index is 12.8. The summed E-state index contributed by atoms with van der Waals surface area (Å²) >= 11 is 1.30. The van der Waals surface area contributed by atoms with Gasteiger partial charge in [0.1, 0.15) is 0 Å². The summed E-state index contributed by atoms with van der Waals surface area (Å²) in [5, 5.41) is 4.80. The fourth-order valence-electron chi connectivity index (χ4n) is 2.93. The lowest BCUT2D eigenvalue weighted by Gasteiger charge is -2.09. The normalized spacial score (nSPS) is 14.8. The number of nitrogens with zero attached hydrogens (tertiary/aromatic N) is 1. The minimum Gasteiger partial charge on any atom is -0.360 e. The predicted octanol–water partition coefficient (Wildman–Crippen LogP) is 5.17. The van der Waals surface area contributed by atoms with E-state index in [2.05, 4.69) is 14.9 Å². The van der Waals surface area contributed by atoms with Crippen LogP contribution in [0.5, 0.6) is 0 Å². The average molecular weight is 353 g/mol. The van der Waals surface area contributed by atoms with E-state index in [0.29, 0.717) is 11.4 Å². The highest BCUT2D eigenvalue weighted by Gasteiger charge is 2.30. The van der Waals surface area contributed by atoms with Crippen LogP contribution in [-0.4, -0.2) is 10.1 Å². The van der Waals surface area contributed by atoms with Crippen molar-refractivity contribution in [2.45, 2.75) is 36.8 Å². The van der Waals surface area contributed by atoms with Gasteiger partial charge in [-0.05, 0) is 49.8 Å². The van der Waals surface area contributed by atoms with Crippen molar-refractivity contribution in [3.63, 3.8) is 0 Å². The van der Waals surface area contributed by atoms with Crippen molar-refractivity contribution in [2.24, 2.45) is 0 Å². The Hall–Kier alpha value is -2.09. The first-order valence-electron chi connectivity index (χ1n) is 7.61. The lowest BCUT2D eigenvalue weighted by molar-refractivity contribution is -0.137. The Morgan fingerprint density at radius 3 is 2.88 bits per heavy atom. The molecule has 0 spiro atoms. The summed E-state index contributed by atoms with van der Waals surface area (Å²) < 4.78 is 46.8. The van der Waals surface area contributed by atoms with Crippen molar-refractivity contribution in [2.75, 3.05) is 4.72 Å². The van der Waals surface area contributed by atoms with Gasteiger partial charge in [0.25, 0.3) is 0 Å². The quantitative estimate of drug-likeness (QED) is 0.638. The second kappa shape index (κ2) is 5.77. The first-order chi connectivity index (χ1) is 11.5. The van der Waals surface area contributed by atoms with Crippen LogP contribution in [0, 0.1) is 0 Å². The lowest BCUT2D eigenvalue weighted by Crippen LogP contribution is -2.04. The molecule has 0 atom stereocenters. The number of fused-ring (bicyclic) bond motifs is 2. The van der Waals surface area contributed by atoms with Crippen LogP contribution in [0.2, 0.25) is 0 Å². The molecule has 0 saturated carbocycles. The zero-order chi connectivity index (χ0) is 16.7. The van der Waals surface area contributed by atoms with Crippen LogP contribution < -0.4 is 4.72 Å². The number of aromatic amines is 1. The molecule has 2 aromatic heterocycles. The summed E-state index contributed by atoms with van der Waals surface area (Å²) in [5.74, 6) is 0.635. The summed E-state index contributed by atoms with van der Waals surface area (Å²) in [7, 11) is 0. The highest BCUT2D eigenvalue weighted by atomic mass is 32.2. The van der Waals surface area contributed by atoms with Gasteiger partial charge in [-0.3, -0.25) is 4.72 Å². The molecule has 126 valence electrons. The molecule has 1 aliphatic rings. The molecule has 0 amide bonds. The van der Waals surface area contributed by atoms with Crippen molar-refractivity contribution in [1.82, 2.24) is 10.1 Å². The van der Waals surface area contributed by atoms with Gasteiger partial charge in [0.2, 0.25) is 5.88 Å². The Morgan fingerprint density at radius 1 is 1.21 bits per heavy atom. The number of halogens is 3. The number of alkyl halides is 3. The van der Waals surface area contributed by atoms with E-state index in [1.54, 1.807) is 6.20 Å². The van der Waals surface area contributed by atoms with E-state index < -0.39 is 11.7 Å². The van der Waals surface area contributed by atoms with Gasteiger partial charge in [-0.2, -0.15) is 13.2 Å². The molecule has 0 saturated heterocycles. The van der Waals surface area contributed by atoms with E-state index >= 15 is 0 Å². The number of nitrogens with one attached hydrogen (secondary N) is 2. The summed E-state index contributed by atoms with van der Waals surface area (Å²) in [5.41, 5.74) is 1.89. The van der Waals surface area contributed by atoms with Gasteiger partial charge in [0, 0.05) is 22.7 Å². The Balaban J connectivity index is 1.56. The minimum absolute atomic E-state index is 0.453. The fourth-order valence-corrected chi connectivity index (χ4v) is 3.70. The topological polar surface area (TPSA) is 53.9 Å². The second-order valence-corrected chi connectivity index (χ2v) is 6.61. The van der Waals surface area contributed by atoms with E-state index in [-0.39, 0.29) is 0 Å². The first kappa shape index (κ1) is 15.4. The Morgan fingerprint density at radius 2 is 2.04 bits per heavy atom. The molecule has 0 fully saturated rings. The van der Waals surface area contributed by atoms with E-state index in [9.17, 15) is 13.2 Å². The average Bonchev–Trinajstić information content (AvgIpc) is 3.15. The van der Waals surface area contributed by atoms with Gasteiger partial charge in [0.05, 0.1) is 16.2 Å². The monoisotopic (exact) mass is 353 g/mol. The molecular formula is C16H14F3N3OS. The third kappa shape index (κ3) is 2.75. The zero-order valence-corrected chi connectivity index (χ0v) is 13.4. The number of hydrogen-bond acceptors (Lipinski definition) is 4. The van der Waals surface area contributed by atoms with Crippen molar-refractivity contribution < 1.29 is 17.7 Å². The van der Waals surface area contributed by atoms with Crippen LogP contribution in [0.15, 0.2) is 33.8 Å². The molecule has 0 unspecified atom stereocenters. The minimum atomic E-state index is -4.34. The molecule has 1 aromatic carbocycles. The van der Waals surface area contributed by atoms with Crippen LogP contribution in [0.3, 0.4) is 0 Å². The number of aromatic nitrogens is 2. The van der Waals surface area contributed by atoms with Gasteiger partial charge in [-0.25, -0.2) is 0 Å².